The van der Waals surface area contributed by atoms with Gasteiger partial charge in [0.15, 0.2) is 0 Å². The smallest absolute Gasteiger partial charge is 0.254 e. The van der Waals surface area contributed by atoms with Gasteiger partial charge >= 0.3 is 0 Å². The first-order valence-corrected chi connectivity index (χ1v) is 10.5. The van der Waals surface area contributed by atoms with Crippen LogP contribution < -0.4 is 4.74 Å². The number of rotatable bonds is 6. The normalized spacial score (nSPS) is 20.7. The number of benzene rings is 1. The fraction of sp³-hybridized carbons (Fsp3) is 0.478. The van der Waals surface area contributed by atoms with Gasteiger partial charge in [0.25, 0.3) is 5.91 Å². The predicted octanol–water partition coefficient (Wildman–Crippen LogP) is 2.72. The maximum Gasteiger partial charge on any atom is 0.254 e. The SMILES string of the molecule is O=C(c1ccc(OC2CCN(Cc3ccccn3)CC2)cc1)N1CCC[C@H]1CO. The lowest BCUT2D eigenvalue weighted by molar-refractivity contribution is 0.0677. The van der Waals surface area contributed by atoms with Crippen molar-refractivity contribution in [3.63, 3.8) is 0 Å². The Kier molecular flexibility index (Phi) is 6.42. The van der Waals surface area contributed by atoms with E-state index in [2.05, 4.69) is 16.0 Å². The van der Waals surface area contributed by atoms with E-state index in [4.69, 9.17) is 4.74 Å². The first-order chi connectivity index (χ1) is 14.2. The number of amides is 1. The number of piperidine rings is 1. The van der Waals surface area contributed by atoms with Crippen molar-refractivity contribution in [3.8, 4) is 5.75 Å². The number of likely N-dealkylation sites (tertiary alicyclic amines) is 2. The number of hydrogen-bond acceptors (Lipinski definition) is 5. The second kappa shape index (κ2) is 9.37. The summed E-state index contributed by atoms with van der Waals surface area (Å²) < 4.78 is 6.15. The summed E-state index contributed by atoms with van der Waals surface area (Å²) in [6.45, 7) is 3.63. The molecule has 4 rings (SSSR count). The third-order valence-corrected chi connectivity index (χ3v) is 5.90. The van der Waals surface area contributed by atoms with Crippen LogP contribution in [0.5, 0.6) is 5.75 Å². The Morgan fingerprint density at radius 3 is 2.55 bits per heavy atom. The van der Waals surface area contributed by atoms with Crippen molar-refractivity contribution < 1.29 is 14.6 Å². The third-order valence-electron chi connectivity index (χ3n) is 5.90. The van der Waals surface area contributed by atoms with E-state index in [1.165, 1.54) is 0 Å². The maximum absolute atomic E-state index is 12.7. The number of hydrogen-bond donors (Lipinski definition) is 1. The first-order valence-electron chi connectivity index (χ1n) is 10.5. The van der Waals surface area contributed by atoms with Crippen LogP contribution in [0.3, 0.4) is 0 Å². The van der Waals surface area contributed by atoms with Crippen molar-refractivity contribution in [2.75, 3.05) is 26.2 Å². The van der Waals surface area contributed by atoms with E-state index in [0.717, 1.165) is 63.3 Å². The average molecular weight is 396 g/mol. The summed E-state index contributed by atoms with van der Waals surface area (Å²) in [7, 11) is 0. The topological polar surface area (TPSA) is 65.9 Å². The van der Waals surface area contributed by atoms with E-state index in [-0.39, 0.29) is 24.7 Å². The molecular weight excluding hydrogens is 366 g/mol. The molecule has 6 nitrogen and oxygen atoms in total. The zero-order chi connectivity index (χ0) is 20.1. The Hall–Kier alpha value is -2.44. The molecule has 0 aliphatic carbocycles. The zero-order valence-corrected chi connectivity index (χ0v) is 16.7. The summed E-state index contributed by atoms with van der Waals surface area (Å²) in [6.07, 6.45) is 5.85. The molecule has 2 fully saturated rings. The molecule has 154 valence electrons. The van der Waals surface area contributed by atoms with Gasteiger partial charge in [0.2, 0.25) is 0 Å². The lowest BCUT2D eigenvalue weighted by Gasteiger charge is -2.32. The second-order valence-electron chi connectivity index (χ2n) is 7.92. The van der Waals surface area contributed by atoms with Gasteiger partial charge in [0.05, 0.1) is 18.3 Å². The summed E-state index contributed by atoms with van der Waals surface area (Å²) >= 11 is 0. The summed E-state index contributed by atoms with van der Waals surface area (Å²) in [5.41, 5.74) is 1.76. The minimum atomic E-state index is -0.0466. The van der Waals surface area contributed by atoms with Crippen LogP contribution in [0.2, 0.25) is 0 Å². The van der Waals surface area contributed by atoms with Gasteiger partial charge < -0.3 is 14.7 Å². The minimum Gasteiger partial charge on any atom is -0.490 e. The van der Waals surface area contributed by atoms with Gasteiger partial charge in [-0.2, -0.15) is 0 Å². The molecule has 0 radical (unpaired) electrons. The van der Waals surface area contributed by atoms with E-state index in [1.807, 2.05) is 42.6 Å². The van der Waals surface area contributed by atoms with Crippen LogP contribution in [0, 0.1) is 0 Å². The van der Waals surface area contributed by atoms with Crippen LogP contribution in [0.4, 0.5) is 0 Å². The monoisotopic (exact) mass is 395 g/mol. The lowest BCUT2D eigenvalue weighted by Crippen LogP contribution is -2.38. The van der Waals surface area contributed by atoms with Gasteiger partial charge in [-0.25, -0.2) is 0 Å². The van der Waals surface area contributed by atoms with E-state index < -0.39 is 0 Å². The Morgan fingerprint density at radius 2 is 1.86 bits per heavy atom. The van der Waals surface area contributed by atoms with Crippen molar-refractivity contribution >= 4 is 5.91 Å². The Balaban J connectivity index is 1.27. The van der Waals surface area contributed by atoms with E-state index in [1.54, 1.807) is 4.90 Å². The molecule has 0 spiro atoms. The molecule has 2 saturated heterocycles. The van der Waals surface area contributed by atoms with Gasteiger partial charge in [-0.1, -0.05) is 6.07 Å². The van der Waals surface area contributed by atoms with E-state index >= 15 is 0 Å². The number of nitrogens with zero attached hydrogens (tertiary/aromatic N) is 3. The van der Waals surface area contributed by atoms with Gasteiger partial charge in [-0.15, -0.1) is 0 Å². The minimum absolute atomic E-state index is 0.00377. The average Bonchev–Trinajstić information content (AvgIpc) is 3.25. The number of carbonyl (C=O) groups excluding carboxylic acids is 1. The number of aromatic nitrogens is 1. The van der Waals surface area contributed by atoms with Crippen molar-refractivity contribution in [2.45, 2.75) is 44.4 Å². The van der Waals surface area contributed by atoms with Crippen LogP contribution in [0.25, 0.3) is 0 Å². The van der Waals surface area contributed by atoms with Crippen LogP contribution in [0.1, 0.15) is 41.7 Å². The second-order valence-corrected chi connectivity index (χ2v) is 7.92. The van der Waals surface area contributed by atoms with Gasteiger partial charge in [-0.05, 0) is 62.1 Å². The van der Waals surface area contributed by atoms with Crippen molar-refractivity contribution in [1.29, 1.82) is 0 Å². The fourth-order valence-electron chi connectivity index (χ4n) is 4.23. The molecule has 1 amide bonds. The number of ether oxygens (including phenoxy) is 1. The molecule has 0 bridgehead atoms. The van der Waals surface area contributed by atoms with E-state index in [0.29, 0.717) is 5.56 Å². The Morgan fingerprint density at radius 1 is 1.07 bits per heavy atom. The molecule has 1 aromatic heterocycles. The maximum atomic E-state index is 12.7. The summed E-state index contributed by atoms with van der Waals surface area (Å²) in [5, 5.41) is 9.44. The molecule has 0 unspecified atom stereocenters. The number of aliphatic hydroxyl groups is 1. The summed E-state index contributed by atoms with van der Waals surface area (Å²) in [4.78, 5) is 21.3. The van der Waals surface area contributed by atoms with Crippen LogP contribution in [-0.2, 0) is 6.54 Å². The standard InChI is InChI=1S/C23H29N3O3/c27-17-20-5-3-13-26(20)23(28)18-6-8-21(9-7-18)29-22-10-14-25(15-11-22)16-19-4-1-2-12-24-19/h1-2,4,6-9,12,20,22,27H,3,5,10-11,13-17H2/t20-/m0/s1. The molecule has 1 aromatic carbocycles. The largest absolute Gasteiger partial charge is 0.490 e. The van der Waals surface area contributed by atoms with Crippen molar-refractivity contribution in [1.82, 2.24) is 14.8 Å². The molecular formula is C23H29N3O3. The van der Waals surface area contributed by atoms with Gasteiger partial charge in [0, 0.05) is 37.9 Å². The third kappa shape index (κ3) is 4.95. The van der Waals surface area contributed by atoms with Crippen LogP contribution in [-0.4, -0.2) is 64.2 Å². The molecule has 3 heterocycles. The van der Waals surface area contributed by atoms with Gasteiger partial charge in [-0.3, -0.25) is 14.7 Å². The number of carbonyl (C=O) groups is 1. The number of aliphatic hydroxyl groups excluding tert-OH is 1. The highest BCUT2D eigenvalue weighted by Crippen LogP contribution is 2.23. The molecule has 1 atom stereocenters. The van der Waals surface area contributed by atoms with Crippen molar-refractivity contribution in [2.24, 2.45) is 0 Å². The van der Waals surface area contributed by atoms with Crippen LogP contribution >= 0.6 is 0 Å². The number of pyridine rings is 1. The predicted molar refractivity (Wildman–Crippen MR) is 111 cm³/mol. The van der Waals surface area contributed by atoms with Crippen molar-refractivity contribution in [3.05, 3.63) is 59.9 Å². The highest BCUT2D eigenvalue weighted by Gasteiger charge is 2.28. The van der Waals surface area contributed by atoms with E-state index in [9.17, 15) is 9.90 Å². The zero-order valence-electron chi connectivity index (χ0n) is 16.7. The highest BCUT2D eigenvalue weighted by atomic mass is 16.5. The molecule has 2 aliphatic heterocycles. The fourth-order valence-corrected chi connectivity index (χ4v) is 4.23. The Bertz CT molecular complexity index is 789. The van der Waals surface area contributed by atoms with Gasteiger partial charge in [0.1, 0.15) is 11.9 Å². The molecule has 0 saturated carbocycles. The molecule has 29 heavy (non-hydrogen) atoms. The first kappa shape index (κ1) is 19.9. The highest BCUT2D eigenvalue weighted by molar-refractivity contribution is 5.94. The summed E-state index contributed by atoms with van der Waals surface area (Å²) in [5.74, 6) is 0.806. The quantitative estimate of drug-likeness (QED) is 0.815. The molecule has 1 N–H and O–H groups in total. The molecule has 2 aromatic rings. The van der Waals surface area contributed by atoms with Crippen LogP contribution in [0.15, 0.2) is 48.7 Å². The lowest BCUT2D eigenvalue weighted by atomic mass is 10.1. The molecule has 6 heteroatoms. The Labute approximate surface area is 172 Å². The molecule has 2 aliphatic rings. The summed E-state index contributed by atoms with van der Waals surface area (Å²) in [6, 6.07) is 13.4.